The standard InChI is InChI=1S/C19H17N3O6S4/c20-13(9-18-21(11-29-28-27-23)14-5-1-3-7-16(14)30-18)10-19-22(12-32(24,25)26)15-6-2-4-8-17(15)31-19/h1-10,20H,11-12H2,(H2,23,24,25,26)/p-1. The number of thiazole rings is 1. The minimum Gasteiger partial charge on any atom is -0.747 e. The zero-order chi connectivity index (χ0) is 22.7. The summed E-state index contributed by atoms with van der Waals surface area (Å²) in [6.45, 7) is 0. The number of nitrogens with two attached hydrogens (primary N) is 1. The molecule has 4 rings (SSSR count). The SMILES string of the molecule is NC(=Cc1sc2ccccc2[n+]1CSOO[O-])C=C1Sc2ccccc2N1CS(=O)(=O)[O-]. The summed E-state index contributed by atoms with van der Waals surface area (Å²) in [5, 5.41) is 14.9. The first kappa shape index (κ1) is 23.1. The molecule has 2 aromatic carbocycles. The van der Waals surface area contributed by atoms with Gasteiger partial charge < -0.3 is 20.4 Å². The molecule has 32 heavy (non-hydrogen) atoms. The van der Waals surface area contributed by atoms with E-state index in [4.69, 9.17) is 5.73 Å². The second-order valence-electron chi connectivity index (χ2n) is 6.53. The zero-order valence-corrected chi connectivity index (χ0v) is 19.5. The minimum atomic E-state index is -4.51. The van der Waals surface area contributed by atoms with Gasteiger partial charge in [-0.1, -0.05) is 47.4 Å². The highest BCUT2D eigenvalue weighted by atomic mass is 32.2. The predicted molar refractivity (Wildman–Crippen MR) is 121 cm³/mol. The van der Waals surface area contributed by atoms with Gasteiger partial charge in [0.2, 0.25) is 11.4 Å². The summed E-state index contributed by atoms with van der Waals surface area (Å²) in [6.07, 6.45) is 3.37. The van der Waals surface area contributed by atoms with Gasteiger partial charge in [0.05, 0.1) is 10.7 Å². The van der Waals surface area contributed by atoms with Crippen LogP contribution in [0, 0.1) is 0 Å². The van der Waals surface area contributed by atoms with Crippen molar-refractivity contribution in [2.75, 3.05) is 10.8 Å². The third-order valence-corrected chi connectivity index (χ3v) is 7.71. The van der Waals surface area contributed by atoms with Crippen LogP contribution < -0.4 is 20.5 Å². The minimum absolute atomic E-state index is 0.280. The zero-order valence-electron chi connectivity index (χ0n) is 16.2. The maximum Gasteiger partial charge on any atom is 0.265 e. The highest BCUT2D eigenvalue weighted by molar-refractivity contribution is 8.03. The Balaban J connectivity index is 1.70. The predicted octanol–water partition coefficient (Wildman–Crippen LogP) is 2.27. The van der Waals surface area contributed by atoms with E-state index in [0.717, 1.165) is 32.2 Å². The average Bonchev–Trinajstić information content (AvgIpc) is 3.25. The lowest BCUT2D eigenvalue weighted by atomic mass is 10.3. The van der Waals surface area contributed by atoms with Crippen molar-refractivity contribution in [3.8, 4) is 0 Å². The summed E-state index contributed by atoms with van der Waals surface area (Å²) in [6, 6.07) is 14.9. The van der Waals surface area contributed by atoms with Gasteiger partial charge in [-0.15, -0.1) is 0 Å². The fraction of sp³-hybridized carbons (Fsp3) is 0.105. The normalized spacial score (nSPS) is 15.6. The highest BCUT2D eigenvalue weighted by Gasteiger charge is 2.26. The number of hydrogen-bond acceptors (Lipinski definition) is 11. The largest absolute Gasteiger partial charge is 0.747 e. The number of allylic oxidation sites excluding steroid dienone is 1. The van der Waals surface area contributed by atoms with E-state index < -0.39 is 16.0 Å². The molecule has 0 atom stereocenters. The van der Waals surface area contributed by atoms with Crippen LogP contribution in [0.4, 0.5) is 5.69 Å². The van der Waals surface area contributed by atoms with Crippen molar-refractivity contribution in [1.82, 2.24) is 0 Å². The summed E-state index contributed by atoms with van der Waals surface area (Å²) >= 11 is 3.66. The second kappa shape index (κ2) is 9.80. The lowest BCUT2D eigenvalue weighted by Gasteiger charge is -2.22. The molecule has 168 valence electrons. The number of nitrogens with zero attached hydrogens (tertiary/aromatic N) is 2. The van der Waals surface area contributed by atoms with Crippen LogP contribution in [0.5, 0.6) is 0 Å². The van der Waals surface area contributed by atoms with Crippen molar-refractivity contribution in [1.29, 1.82) is 0 Å². The van der Waals surface area contributed by atoms with Crippen LogP contribution in [0.2, 0.25) is 0 Å². The summed E-state index contributed by atoms with van der Waals surface area (Å²) in [7, 11) is -4.51. The first-order valence-electron chi connectivity index (χ1n) is 9.02. The summed E-state index contributed by atoms with van der Waals surface area (Å²) in [5.74, 6) is -0.412. The maximum atomic E-state index is 11.5. The monoisotopic (exact) mass is 510 g/mol. The Bertz CT molecular complexity index is 1310. The Labute approximate surface area is 196 Å². The number of hydrogen-bond donors (Lipinski definition) is 1. The molecule has 0 spiro atoms. The van der Waals surface area contributed by atoms with Crippen molar-refractivity contribution < 1.29 is 32.2 Å². The van der Waals surface area contributed by atoms with Crippen molar-refractivity contribution in [3.05, 3.63) is 70.3 Å². The van der Waals surface area contributed by atoms with E-state index in [9.17, 15) is 18.2 Å². The molecule has 2 N–H and O–H groups in total. The summed E-state index contributed by atoms with van der Waals surface area (Å²) < 4.78 is 41.7. The van der Waals surface area contributed by atoms with Crippen molar-refractivity contribution in [3.63, 3.8) is 0 Å². The summed E-state index contributed by atoms with van der Waals surface area (Å²) in [5.41, 5.74) is 8.21. The van der Waals surface area contributed by atoms with Gasteiger partial charge in [0, 0.05) is 22.7 Å². The molecule has 13 heteroatoms. The van der Waals surface area contributed by atoms with Crippen LogP contribution in [0.25, 0.3) is 16.3 Å². The van der Waals surface area contributed by atoms with Crippen LogP contribution in [0.1, 0.15) is 5.01 Å². The molecule has 1 aromatic heterocycles. The van der Waals surface area contributed by atoms with E-state index >= 15 is 0 Å². The number of rotatable bonds is 8. The van der Waals surface area contributed by atoms with E-state index in [0.29, 0.717) is 16.4 Å². The second-order valence-corrected chi connectivity index (χ2v) is 10.7. The van der Waals surface area contributed by atoms with E-state index in [-0.39, 0.29) is 5.88 Å². The molecular weight excluding hydrogens is 494 g/mol. The number of para-hydroxylation sites is 2. The number of benzene rings is 2. The topological polar surface area (TPSA) is 132 Å². The molecule has 2 heterocycles. The fourth-order valence-corrected chi connectivity index (χ4v) is 6.64. The van der Waals surface area contributed by atoms with Crippen LogP contribution in [0.3, 0.4) is 0 Å². The van der Waals surface area contributed by atoms with Crippen molar-refractivity contribution in [2.24, 2.45) is 5.73 Å². The van der Waals surface area contributed by atoms with Gasteiger partial charge >= 0.3 is 0 Å². The van der Waals surface area contributed by atoms with Gasteiger partial charge in [0.15, 0.2) is 0 Å². The molecule has 0 amide bonds. The molecular formula is C19H16N3O6S4-. The quantitative estimate of drug-likeness (QED) is 0.120. The molecule has 0 fully saturated rings. The van der Waals surface area contributed by atoms with Crippen LogP contribution in [-0.2, 0) is 25.4 Å². The first-order valence-corrected chi connectivity index (χ1v) is 13.1. The van der Waals surface area contributed by atoms with Gasteiger partial charge in [-0.05, 0) is 24.3 Å². The first-order chi connectivity index (χ1) is 15.4. The third-order valence-electron chi connectivity index (χ3n) is 4.40. The lowest BCUT2D eigenvalue weighted by Crippen LogP contribution is -2.34. The highest BCUT2D eigenvalue weighted by Crippen LogP contribution is 2.46. The number of aromatic nitrogens is 1. The molecule has 0 saturated carbocycles. The molecule has 1 aliphatic heterocycles. The smallest absolute Gasteiger partial charge is 0.265 e. The number of thioether (sulfide) groups is 1. The number of anilines is 1. The van der Waals surface area contributed by atoms with Crippen LogP contribution in [0.15, 0.2) is 70.2 Å². The Morgan fingerprint density at radius 3 is 2.75 bits per heavy atom. The molecule has 0 aliphatic carbocycles. The average molecular weight is 511 g/mol. The van der Waals surface area contributed by atoms with Crippen molar-refractivity contribution in [2.45, 2.75) is 10.8 Å². The Hall–Kier alpha value is -2.10. The van der Waals surface area contributed by atoms with Crippen LogP contribution in [-0.4, -0.2) is 18.8 Å². The van der Waals surface area contributed by atoms with E-state index in [1.54, 1.807) is 24.3 Å². The van der Waals surface area contributed by atoms with Crippen molar-refractivity contribution >= 4 is 67.2 Å². The molecule has 0 unspecified atom stereocenters. The van der Waals surface area contributed by atoms with E-state index in [1.165, 1.54) is 28.0 Å². The number of fused-ring (bicyclic) bond motifs is 2. The van der Waals surface area contributed by atoms with Gasteiger partial charge in [0.25, 0.3) is 5.01 Å². The Morgan fingerprint density at radius 2 is 1.97 bits per heavy atom. The summed E-state index contributed by atoms with van der Waals surface area (Å²) in [4.78, 5) is 2.27. The maximum absolute atomic E-state index is 11.5. The third kappa shape index (κ3) is 5.27. The molecule has 0 bridgehead atoms. The van der Waals surface area contributed by atoms with Crippen LogP contribution >= 0.6 is 35.1 Å². The van der Waals surface area contributed by atoms with Gasteiger partial charge in [-0.3, -0.25) is 5.04 Å². The molecule has 3 aromatic rings. The molecule has 1 aliphatic rings. The van der Waals surface area contributed by atoms with E-state index in [2.05, 4.69) is 9.37 Å². The lowest BCUT2D eigenvalue weighted by molar-refractivity contribution is -0.778. The molecule has 9 nitrogen and oxygen atoms in total. The molecule has 0 saturated heterocycles. The van der Waals surface area contributed by atoms with E-state index in [1.807, 2.05) is 41.0 Å². The van der Waals surface area contributed by atoms with Gasteiger partial charge in [0.1, 0.15) is 32.7 Å². The molecule has 0 radical (unpaired) electrons. The Kier molecular flexibility index (Phi) is 7.07. The van der Waals surface area contributed by atoms with Gasteiger partial charge in [-0.25, -0.2) is 8.42 Å². The van der Waals surface area contributed by atoms with Gasteiger partial charge in [-0.2, -0.15) is 8.90 Å². The Morgan fingerprint density at radius 1 is 1.22 bits per heavy atom. The fourth-order valence-electron chi connectivity index (χ4n) is 3.17.